The van der Waals surface area contributed by atoms with Crippen molar-refractivity contribution in [3.05, 3.63) is 35.0 Å². The van der Waals surface area contributed by atoms with Gasteiger partial charge >= 0.3 is 0 Å². The number of nitriles is 1. The Morgan fingerprint density at radius 1 is 1.37 bits per heavy atom. The van der Waals surface area contributed by atoms with E-state index in [9.17, 15) is 23.6 Å². The molecule has 1 aromatic heterocycles. The largest absolute Gasteiger partial charge is 0.350 e. The molecule has 0 bridgehead atoms. The highest BCUT2D eigenvalue weighted by atomic mass is 19.1. The van der Waals surface area contributed by atoms with E-state index < -0.39 is 23.6 Å². The van der Waals surface area contributed by atoms with Gasteiger partial charge < -0.3 is 14.8 Å². The van der Waals surface area contributed by atoms with Crippen LogP contribution in [0.5, 0.6) is 0 Å². The number of carbonyl (C=O) groups excluding carboxylic acids is 2. The van der Waals surface area contributed by atoms with Crippen molar-refractivity contribution >= 4 is 22.7 Å². The Morgan fingerprint density at radius 2 is 2.07 bits per heavy atom. The van der Waals surface area contributed by atoms with Crippen LogP contribution in [0.1, 0.15) is 29.4 Å². The first-order chi connectivity index (χ1) is 12.7. The SMILES string of the molecule is Cc1c(F)cc(F)c2cc(C(=O)N(C)CC(=O)N3CC(C)CC3C#N)[nH]c12. The molecule has 0 radical (unpaired) electrons. The van der Waals surface area contributed by atoms with Crippen LogP contribution in [-0.2, 0) is 4.79 Å². The highest BCUT2D eigenvalue weighted by Crippen LogP contribution is 2.26. The molecule has 1 saturated heterocycles. The highest BCUT2D eigenvalue weighted by molar-refractivity contribution is 6.00. The third-order valence-corrected chi connectivity index (χ3v) is 4.99. The molecule has 6 nitrogen and oxygen atoms in total. The lowest BCUT2D eigenvalue weighted by Crippen LogP contribution is -2.43. The summed E-state index contributed by atoms with van der Waals surface area (Å²) in [6, 6.07) is 3.73. The van der Waals surface area contributed by atoms with Gasteiger partial charge in [0, 0.05) is 30.6 Å². The van der Waals surface area contributed by atoms with Crippen LogP contribution in [0.25, 0.3) is 10.9 Å². The Hall–Kier alpha value is -2.95. The molecule has 3 rings (SSSR count). The van der Waals surface area contributed by atoms with Gasteiger partial charge in [0.1, 0.15) is 23.4 Å². The van der Waals surface area contributed by atoms with Gasteiger partial charge in [0.15, 0.2) is 0 Å². The molecule has 1 aromatic carbocycles. The summed E-state index contributed by atoms with van der Waals surface area (Å²) < 4.78 is 27.7. The number of rotatable bonds is 3. The third kappa shape index (κ3) is 3.37. The van der Waals surface area contributed by atoms with Crippen LogP contribution in [0.15, 0.2) is 12.1 Å². The molecule has 1 aliphatic rings. The number of hydrogen-bond acceptors (Lipinski definition) is 3. The van der Waals surface area contributed by atoms with E-state index in [0.717, 1.165) is 6.07 Å². The number of likely N-dealkylation sites (N-methyl/N-ethyl adjacent to an activating group) is 1. The van der Waals surface area contributed by atoms with E-state index in [2.05, 4.69) is 11.1 Å². The first-order valence-electron chi connectivity index (χ1n) is 8.64. The lowest BCUT2D eigenvalue weighted by molar-refractivity contribution is -0.131. The molecule has 0 aliphatic carbocycles. The second-order valence-corrected chi connectivity index (χ2v) is 7.13. The standard InChI is InChI=1S/C19H20F2N4O2/c1-10-4-12(7-22)25(8-10)17(26)9-24(3)19(27)16-5-13-15(21)6-14(20)11(2)18(13)23-16/h5-6,10,12,23H,4,8-9H2,1-3H3. The molecule has 2 unspecified atom stereocenters. The Bertz CT molecular complexity index is 963. The van der Waals surface area contributed by atoms with Crippen LogP contribution >= 0.6 is 0 Å². The average Bonchev–Trinajstić information content (AvgIpc) is 3.23. The normalized spacial score (nSPS) is 19.3. The lowest BCUT2D eigenvalue weighted by atomic mass is 10.1. The van der Waals surface area contributed by atoms with Gasteiger partial charge in [0.2, 0.25) is 5.91 Å². The molecule has 2 amide bonds. The number of aromatic nitrogens is 1. The molecule has 2 heterocycles. The van der Waals surface area contributed by atoms with E-state index in [4.69, 9.17) is 0 Å². The fourth-order valence-corrected chi connectivity index (χ4v) is 3.49. The predicted octanol–water partition coefficient (Wildman–Crippen LogP) is 2.59. The number of halogens is 2. The number of carbonyl (C=O) groups is 2. The number of amides is 2. The lowest BCUT2D eigenvalue weighted by Gasteiger charge is -2.23. The summed E-state index contributed by atoms with van der Waals surface area (Å²) in [5, 5.41) is 9.30. The van der Waals surface area contributed by atoms with E-state index in [1.54, 1.807) is 0 Å². The van der Waals surface area contributed by atoms with Gasteiger partial charge in [-0.15, -0.1) is 0 Å². The Labute approximate surface area is 155 Å². The summed E-state index contributed by atoms with van der Waals surface area (Å²) in [5.41, 5.74) is 0.500. The molecule has 1 fully saturated rings. The van der Waals surface area contributed by atoms with Gasteiger partial charge in [-0.25, -0.2) is 8.78 Å². The number of hydrogen-bond donors (Lipinski definition) is 1. The van der Waals surface area contributed by atoms with Crippen LogP contribution in [0.3, 0.4) is 0 Å². The van der Waals surface area contributed by atoms with E-state index in [1.807, 2.05) is 6.92 Å². The number of nitrogens with one attached hydrogen (secondary N) is 1. The zero-order chi connectivity index (χ0) is 19.9. The molecule has 2 aromatic rings. The van der Waals surface area contributed by atoms with Crippen LogP contribution in [0.4, 0.5) is 8.78 Å². The molecule has 2 atom stereocenters. The van der Waals surface area contributed by atoms with Crippen molar-refractivity contribution < 1.29 is 18.4 Å². The van der Waals surface area contributed by atoms with Gasteiger partial charge in [-0.3, -0.25) is 9.59 Å². The second kappa shape index (κ2) is 6.99. The van der Waals surface area contributed by atoms with Crippen LogP contribution in [0.2, 0.25) is 0 Å². The molecular weight excluding hydrogens is 354 g/mol. The van der Waals surface area contributed by atoms with Crippen molar-refractivity contribution in [3.8, 4) is 6.07 Å². The summed E-state index contributed by atoms with van der Waals surface area (Å²) in [4.78, 5) is 30.6. The topological polar surface area (TPSA) is 80.2 Å². The molecule has 1 N–H and O–H groups in total. The summed E-state index contributed by atoms with van der Waals surface area (Å²) in [7, 11) is 1.45. The maximum atomic E-state index is 14.0. The van der Waals surface area contributed by atoms with Gasteiger partial charge in [-0.05, 0) is 25.3 Å². The number of benzene rings is 1. The summed E-state index contributed by atoms with van der Waals surface area (Å²) in [5.74, 6) is -2.06. The van der Waals surface area contributed by atoms with Crippen molar-refractivity contribution in [1.29, 1.82) is 5.26 Å². The summed E-state index contributed by atoms with van der Waals surface area (Å²) in [6.45, 7) is 3.74. The van der Waals surface area contributed by atoms with Crippen molar-refractivity contribution in [3.63, 3.8) is 0 Å². The first-order valence-corrected chi connectivity index (χ1v) is 8.64. The monoisotopic (exact) mass is 374 g/mol. The number of fused-ring (bicyclic) bond motifs is 1. The fraction of sp³-hybridized carbons (Fsp3) is 0.421. The second-order valence-electron chi connectivity index (χ2n) is 7.13. The third-order valence-electron chi connectivity index (χ3n) is 4.99. The summed E-state index contributed by atoms with van der Waals surface area (Å²) in [6.07, 6.45) is 0.617. The van der Waals surface area contributed by atoms with Crippen molar-refractivity contribution in [2.45, 2.75) is 26.3 Å². The molecule has 0 saturated carbocycles. The number of nitrogens with zero attached hydrogens (tertiary/aromatic N) is 3. The first kappa shape index (κ1) is 18.8. The number of H-pyrrole nitrogens is 1. The quantitative estimate of drug-likeness (QED) is 0.897. The smallest absolute Gasteiger partial charge is 0.270 e. The van der Waals surface area contributed by atoms with Crippen molar-refractivity contribution in [2.24, 2.45) is 5.92 Å². The zero-order valence-corrected chi connectivity index (χ0v) is 15.3. The summed E-state index contributed by atoms with van der Waals surface area (Å²) >= 11 is 0. The van der Waals surface area contributed by atoms with Gasteiger partial charge in [-0.2, -0.15) is 5.26 Å². The minimum Gasteiger partial charge on any atom is -0.350 e. The molecule has 27 heavy (non-hydrogen) atoms. The Balaban J connectivity index is 1.79. The van der Waals surface area contributed by atoms with Gasteiger partial charge in [0.05, 0.1) is 18.1 Å². The molecule has 0 spiro atoms. The van der Waals surface area contributed by atoms with Gasteiger partial charge in [0.25, 0.3) is 5.91 Å². The fourth-order valence-electron chi connectivity index (χ4n) is 3.49. The molecule has 1 aliphatic heterocycles. The predicted molar refractivity (Wildman–Crippen MR) is 94.8 cm³/mol. The van der Waals surface area contributed by atoms with E-state index in [0.29, 0.717) is 13.0 Å². The maximum Gasteiger partial charge on any atom is 0.270 e. The highest BCUT2D eigenvalue weighted by Gasteiger charge is 2.34. The van der Waals surface area contributed by atoms with Crippen molar-refractivity contribution in [1.82, 2.24) is 14.8 Å². The van der Waals surface area contributed by atoms with Gasteiger partial charge in [-0.1, -0.05) is 6.92 Å². The number of aromatic amines is 1. The van der Waals surface area contributed by atoms with Crippen molar-refractivity contribution in [2.75, 3.05) is 20.1 Å². The number of aryl methyl sites for hydroxylation is 1. The number of likely N-dealkylation sites (tertiary alicyclic amines) is 1. The maximum absolute atomic E-state index is 14.0. The van der Waals surface area contributed by atoms with E-state index in [1.165, 1.54) is 29.8 Å². The molecule has 142 valence electrons. The van der Waals surface area contributed by atoms with E-state index in [-0.39, 0.29) is 40.5 Å². The minimum absolute atomic E-state index is 0.0690. The average molecular weight is 374 g/mol. The van der Waals surface area contributed by atoms with Crippen LogP contribution in [0, 0.1) is 35.8 Å². The molecular formula is C19H20F2N4O2. The van der Waals surface area contributed by atoms with E-state index >= 15 is 0 Å². The van der Waals surface area contributed by atoms with Crippen LogP contribution in [-0.4, -0.2) is 52.8 Å². The Morgan fingerprint density at radius 3 is 2.74 bits per heavy atom. The Kier molecular flexibility index (Phi) is 4.87. The zero-order valence-electron chi connectivity index (χ0n) is 15.3. The molecule has 8 heteroatoms. The minimum atomic E-state index is -0.759. The van der Waals surface area contributed by atoms with Crippen LogP contribution < -0.4 is 0 Å².